The van der Waals surface area contributed by atoms with Crippen LogP contribution in [0.4, 0.5) is 13.2 Å². The Hall–Kier alpha value is -1.70. The molecule has 1 saturated heterocycles. The van der Waals surface area contributed by atoms with Gasteiger partial charge in [-0.25, -0.2) is 9.97 Å². The molecule has 5 nitrogen and oxygen atoms in total. The largest absolute Gasteiger partial charge is 0.401 e. The van der Waals surface area contributed by atoms with Gasteiger partial charge in [0.15, 0.2) is 0 Å². The first kappa shape index (κ1) is 17.1. The lowest BCUT2D eigenvalue weighted by atomic mass is 9.97. The van der Waals surface area contributed by atoms with Gasteiger partial charge in [-0.05, 0) is 50.8 Å². The quantitative estimate of drug-likeness (QED) is 0.892. The van der Waals surface area contributed by atoms with Gasteiger partial charge in [0.1, 0.15) is 11.5 Å². The van der Waals surface area contributed by atoms with E-state index in [4.69, 9.17) is 0 Å². The van der Waals surface area contributed by atoms with E-state index in [1.807, 2.05) is 0 Å². The number of aromatic nitrogens is 2. The van der Waals surface area contributed by atoms with Gasteiger partial charge in [0.25, 0.3) is 5.91 Å². The minimum Gasteiger partial charge on any atom is -0.350 e. The van der Waals surface area contributed by atoms with Crippen molar-refractivity contribution < 1.29 is 18.0 Å². The first-order valence-electron chi connectivity index (χ1n) is 8.31. The molecule has 1 aromatic heterocycles. The van der Waals surface area contributed by atoms with E-state index < -0.39 is 12.7 Å². The number of nitrogens with zero attached hydrogens (tertiary/aromatic N) is 3. The molecule has 0 radical (unpaired) electrons. The summed E-state index contributed by atoms with van der Waals surface area (Å²) in [5.74, 6) is 1.08. The fourth-order valence-electron chi connectivity index (χ4n) is 2.97. The first-order valence-corrected chi connectivity index (χ1v) is 8.31. The summed E-state index contributed by atoms with van der Waals surface area (Å²) in [6.07, 6.45) is 0.919. The molecule has 2 heterocycles. The number of nitrogens with one attached hydrogen (secondary N) is 1. The van der Waals surface area contributed by atoms with Gasteiger partial charge in [0.05, 0.1) is 6.54 Å². The maximum atomic E-state index is 12.4. The van der Waals surface area contributed by atoms with Crippen molar-refractivity contribution in [2.75, 3.05) is 26.2 Å². The molecule has 2 aliphatic rings. The second-order valence-corrected chi connectivity index (χ2v) is 6.62. The molecule has 24 heavy (non-hydrogen) atoms. The number of hydrogen-bond donors (Lipinski definition) is 1. The van der Waals surface area contributed by atoms with Crippen LogP contribution in [0, 0.1) is 5.92 Å². The van der Waals surface area contributed by atoms with Crippen molar-refractivity contribution in [2.45, 2.75) is 37.8 Å². The van der Waals surface area contributed by atoms with Gasteiger partial charge in [0.2, 0.25) is 0 Å². The van der Waals surface area contributed by atoms with E-state index in [0.717, 1.165) is 18.7 Å². The summed E-state index contributed by atoms with van der Waals surface area (Å²) in [4.78, 5) is 22.1. The van der Waals surface area contributed by atoms with Gasteiger partial charge in [-0.15, -0.1) is 0 Å². The maximum Gasteiger partial charge on any atom is 0.401 e. The molecular formula is C16H21F3N4O. The highest BCUT2D eigenvalue weighted by Crippen LogP contribution is 2.37. The Labute approximate surface area is 138 Å². The molecule has 1 aliphatic carbocycles. The van der Waals surface area contributed by atoms with Crippen LogP contribution >= 0.6 is 0 Å². The summed E-state index contributed by atoms with van der Waals surface area (Å²) in [7, 11) is 0. The van der Waals surface area contributed by atoms with Crippen LogP contribution in [-0.2, 0) is 0 Å². The molecule has 132 valence electrons. The Kier molecular flexibility index (Phi) is 5.03. The van der Waals surface area contributed by atoms with Crippen LogP contribution in [0.25, 0.3) is 0 Å². The Bertz CT molecular complexity index is 581. The Morgan fingerprint density at radius 2 is 1.96 bits per heavy atom. The molecule has 1 aromatic rings. The van der Waals surface area contributed by atoms with E-state index in [0.29, 0.717) is 44.1 Å². The minimum atomic E-state index is -4.15. The van der Waals surface area contributed by atoms with E-state index in [1.54, 1.807) is 12.3 Å². The normalized spacial score (nSPS) is 20.1. The van der Waals surface area contributed by atoms with Crippen molar-refractivity contribution in [1.82, 2.24) is 20.2 Å². The zero-order valence-electron chi connectivity index (χ0n) is 13.4. The van der Waals surface area contributed by atoms with Crippen LogP contribution in [0.2, 0.25) is 0 Å². The molecule has 0 spiro atoms. The number of piperidine rings is 1. The van der Waals surface area contributed by atoms with Crippen LogP contribution in [0.5, 0.6) is 0 Å². The highest BCUT2D eigenvalue weighted by molar-refractivity contribution is 5.92. The molecule has 0 unspecified atom stereocenters. The monoisotopic (exact) mass is 342 g/mol. The molecule has 0 aromatic carbocycles. The van der Waals surface area contributed by atoms with Crippen LogP contribution in [-0.4, -0.2) is 53.1 Å². The standard InChI is InChI=1S/C16H21F3N4O/c17-16(18,19)10-23-7-4-11(5-8-23)9-21-15(24)13-3-6-20-14(22-13)12-1-2-12/h3,6,11-12H,1-2,4-5,7-10H2,(H,21,24). The second kappa shape index (κ2) is 7.04. The second-order valence-electron chi connectivity index (χ2n) is 6.62. The molecule has 0 bridgehead atoms. The fraction of sp³-hybridized carbons (Fsp3) is 0.688. The van der Waals surface area contributed by atoms with Crippen LogP contribution in [0.15, 0.2) is 12.3 Å². The summed E-state index contributed by atoms with van der Waals surface area (Å²) in [5.41, 5.74) is 0.362. The third-order valence-corrected chi connectivity index (χ3v) is 4.51. The number of likely N-dealkylation sites (tertiary alicyclic amines) is 1. The zero-order valence-corrected chi connectivity index (χ0v) is 13.4. The lowest BCUT2D eigenvalue weighted by Gasteiger charge is -2.32. The highest BCUT2D eigenvalue weighted by Gasteiger charge is 2.32. The summed E-state index contributed by atoms with van der Waals surface area (Å²) in [6, 6.07) is 1.59. The topological polar surface area (TPSA) is 58.1 Å². The van der Waals surface area contributed by atoms with Gasteiger partial charge in [-0.2, -0.15) is 13.2 Å². The third-order valence-electron chi connectivity index (χ3n) is 4.51. The van der Waals surface area contributed by atoms with E-state index in [9.17, 15) is 18.0 Å². The molecule has 1 amide bonds. The molecular weight excluding hydrogens is 321 g/mol. The van der Waals surface area contributed by atoms with Crippen molar-refractivity contribution >= 4 is 5.91 Å². The van der Waals surface area contributed by atoms with Gasteiger partial charge in [0, 0.05) is 18.7 Å². The van der Waals surface area contributed by atoms with Crippen LogP contribution in [0.3, 0.4) is 0 Å². The van der Waals surface area contributed by atoms with E-state index in [2.05, 4.69) is 15.3 Å². The number of hydrogen-bond acceptors (Lipinski definition) is 4. The van der Waals surface area contributed by atoms with E-state index >= 15 is 0 Å². The number of rotatable bonds is 5. The van der Waals surface area contributed by atoms with Gasteiger partial charge in [-0.3, -0.25) is 9.69 Å². The summed E-state index contributed by atoms with van der Waals surface area (Å²) in [6.45, 7) is 0.456. The molecule has 0 atom stereocenters. The number of alkyl halides is 3. The predicted octanol–water partition coefficient (Wildman–Crippen LogP) is 2.36. The van der Waals surface area contributed by atoms with Crippen LogP contribution in [0.1, 0.15) is 47.9 Å². The first-order chi connectivity index (χ1) is 11.4. The Morgan fingerprint density at radius 1 is 1.25 bits per heavy atom. The van der Waals surface area contributed by atoms with Crippen molar-refractivity contribution in [1.29, 1.82) is 0 Å². The predicted molar refractivity (Wildman–Crippen MR) is 81.6 cm³/mol. The van der Waals surface area contributed by atoms with Crippen molar-refractivity contribution in [2.24, 2.45) is 5.92 Å². The van der Waals surface area contributed by atoms with Crippen molar-refractivity contribution in [3.8, 4) is 0 Å². The average Bonchev–Trinajstić information content (AvgIpc) is 3.37. The summed E-state index contributed by atoms with van der Waals surface area (Å²) in [5, 5.41) is 2.85. The smallest absolute Gasteiger partial charge is 0.350 e. The maximum absolute atomic E-state index is 12.4. The average molecular weight is 342 g/mol. The van der Waals surface area contributed by atoms with Gasteiger partial charge in [-0.1, -0.05) is 0 Å². The highest BCUT2D eigenvalue weighted by atomic mass is 19.4. The number of carbonyl (C=O) groups excluding carboxylic acids is 1. The Morgan fingerprint density at radius 3 is 2.58 bits per heavy atom. The summed E-state index contributed by atoms with van der Waals surface area (Å²) >= 11 is 0. The number of amides is 1. The SMILES string of the molecule is O=C(NCC1CCN(CC(F)(F)F)CC1)c1ccnc(C2CC2)n1. The van der Waals surface area contributed by atoms with E-state index in [1.165, 1.54) is 4.90 Å². The zero-order chi connectivity index (χ0) is 17.2. The van der Waals surface area contributed by atoms with Gasteiger partial charge >= 0.3 is 6.18 Å². The summed E-state index contributed by atoms with van der Waals surface area (Å²) < 4.78 is 37.1. The minimum absolute atomic E-state index is 0.211. The fourth-order valence-corrected chi connectivity index (χ4v) is 2.97. The van der Waals surface area contributed by atoms with Crippen LogP contribution < -0.4 is 5.32 Å². The molecule has 2 fully saturated rings. The number of carbonyl (C=O) groups is 1. The molecule has 1 aliphatic heterocycles. The molecule has 3 rings (SSSR count). The number of halogens is 3. The molecule has 1 N–H and O–H groups in total. The van der Waals surface area contributed by atoms with Gasteiger partial charge < -0.3 is 5.32 Å². The van der Waals surface area contributed by atoms with Crippen molar-refractivity contribution in [3.05, 3.63) is 23.8 Å². The molecule has 1 saturated carbocycles. The van der Waals surface area contributed by atoms with Crippen molar-refractivity contribution in [3.63, 3.8) is 0 Å². The molecule has 8 heteroatoms. The third kappa shape index (κ3) is 4.90. The Balaban J connectivity index is 1.43. The van der Waals surface area contributed by atoms with E-state index in [-0.39, 0.29) is 11.8 Å². The lowest BCUT2D eigenvalue weighted by Crippen LogP contribution is -2.42. The lowest BCUT2D eigenvalue weighted by molar-refractivity contribution is -0.148.